The fraction of sp³-hybridized carbons (Fsp3) is 0.611. The van der Waals surface area contributed by atoms with E-state index in [1.54, 1.807) is 7.11 Å². The molecule has 23 heavy (non-hydrogen) atoms. The molecule has 2 rings (SSSR count). The Bertz CT molecular complexity index is 531. The third-order valence-corrected chi connectivity index (χ3v) is 4.14. The van der Waals surface area contributed by atoms with Crippen molar-refractivity contribution in [3.05, 3.63) is 24.3 Å². The van der Waals surface area contributed by atoms with Gasteiger partial charge in [-0.25, -0.2) is 5.01 Å². The molecule has 5 heteroatoms. The van der Waals surface area contributed by atoms with Crippen LogP contribution in [0, 0.1) is 0 Å². The number of nitrogens with zero attached hydrogens (tertiary/aromatic N) is 3. The lowest BCUT2D eigenvalue weighted by Gasteiger charge is -2.47. The minimum Gasteiger partial charge on any atom is -0.495 e. The molecule has 0 unspecified atom stereocenters. The van der Waals surface area contributed by atoms with Crippen molar-refractivity contribution in [3.63, 3.8) is 0 Å². The van der Waals surface area contributed by atoms with E-state index in [1.807, 2.05) is 30.1 Å². The van der Waals surface area contributed by atoms with Gasteiger partial charge in [0.1, 0.15) is 5.75 Å². The Morgan fingerprint density at radius 2 is 1.78 bits per heavy atom. The molecule has 1 heterocycles. The first-order chi connectivity index (χ1) is 10.9. The summed E-state index contributed by atoms with van der Waals surface area (Å²) in [5.74, 6) is 1.08. The third kappa shape index (κ3) is 3.96. The van der Waals surface area contributed by atoms with Crippen molar-refractivity contribution >= 4 is 11.6 Å². The SMILES string of the molecule is CCC(=O)N(N1CCN(c2ccccc2OC)CC1)C(C)(C)C. The monoisotopic (exact) mass is 319 g/mol. The van der Waals surface area contributed by atoms with Crippen molar-refractivity contribution in [1.29, 1.82) is 0 Å². The van der Waals surface area contributed by atoms with Gasteiger partial charge in [-0.15, -0.1) is 0 Å². The molecule has 1 aliphatic rings. The Kier molecular flexibility index (Phi) is 5.52. The number of rotatable bonds is 4. The second kappa shape index (κ2) is 7.21. The van der Waals surface area contributed by atoms with E-state index < -0.39 is 0 Å². The van der Waals surface area contributed by atoms with Gasteiger partial charge in [-0.3, -0.25) is 9.80 Å². The van der Waals surface area contributed by atoms with E-state index in [1.165, 1.54) is 0 Å². The van der Waals surface area contributed by atoms with Crippen molar-refractivity contribution in [1.82, 2.24) is 10.0 Å². The number of benzene rings is 1. The van der Waals surface area contributed by atoms with Crippen LogP contribution in [0.1, 0.15) is 34.1 Å². The van der Waals surface area contributed by atoms with Gasteiger partial charge < -0.3 is 9.64 Å². The normalized spacial score (nSPS) is 16.3. The highest BCUT2D eigenvalue weighted by Crippen LogP contribution is 2.29. The van der Waals surface area contributed by atoms with Gasteiger partial charge in [0.15, 0.2) is 0 Å². The fourth-order valence-electron chi connectivity index (χ4n) is 3.13. The zero-order valence-corrected chi connectivity index (χ0v) is 15.0. The van der Waals surface area contributed by atoms with E-state index in [-0.39, 0.29) is 11.4 Å². The number of hydrogen-bond acceptors (Lipinski definition) is 4. The van der Waals surface area contributed by atoms with E-state index in [4.69, 9.17) is 4.74 Å². The van der Waals surface area contributed by atoms with Gasteiger partial charge in [0.05, 0.1) is 18.3 Å². The molecule has 1 amide bonds. The molecule has 0 N–H and O–H groups in total. The molecule has 128 valence electrons. The highest BCUT2D eigenvalue weighted by Gasteiger charge is 2.33. The molecule has 1 aromatic rings. The van der Waals surface area contributed by atoms with Gasteiger partial charge in [-0.05, 0) is 32.9 Å². The molecule has 0 saturated carbocycles. The number of carbonyl (C=O) groups is 1. The minimum atomic E-state index is -0.195. The Balaban J connectivity index is 2.09. The van der Waals surface area contributed by atoms with Crippen LogP contribution >= 0.6 is 0 Å². The Morgan fingerprint density at radius 3 is 2.30 bits per heavy atom. The number of ether oxygens (including phenoxy) is 1. The number of amides is 1. The average Bonchev–Trinajstić information content (AvgIpc) is 2.54. The van der Waals surface area contributed by atoms with Crippen LogP contribution in [-0.2, 0) is 4.79 Å². The van der Waals surface area contributed by atoms with Crippen LogP contribution in [0.25, 0.3) is 0 Å². The van der Waals surface area contributed by atoms with Gasteiger partial charge in [0.25, 0.3) is 0 Å². The van der Waals surface area contributed by atoms with Crippen molar-refractivity contribution < 1.29 is 9.53 Å². The number of anilines is 1. The van der Waals surface area contributed by atoms with E-state index >= 15 is 0 Å². The summed E-state index contributed by atoms with van der Waals surface area (Å²) in [5.41, 5.74) is 0.929. The van der Waals surface area contributed by atoms with Crippen LogP contribution < -0.4 is 9.64 Å². The molecule has 0 atom stereocenters. The first-order valence-electron chi connectivity index (χ1n) is 8.34. The summed E-state index contributed by atoms with van der Waals surface area (Å²) in [4.78, 5) is 14.7. The molecule has 1 fully saturated rings. The molecule has 1 aromatic carbocycles. The average molecular weight is 319 g/mol. The Hall–Kier alpha value is -1.75. The second-order valence-electron chi connectivity index (χ2n) is 6.84. The highest BCUT2D eigenvalue weighted by atomic mass is 16.5. The highest BCUT2D eigenvalue weighted by molar-refractivity contribution is 5.76. The van der Waals surface area contributed by atoms with Crippen molar-refractivity contribution in [2.24, 2.45) is 0 Å². The predicted molar refractivity (Wildman–Crippen MR) is 93.7 cm³/mol. The van der Waals surface area contributed by atoms with Crippen LogP contribution in [0.4, 0.5) is 5.69 Å². The molecular weight excluding hydrogens is 290 g/mol. The summed E-state index contributed by atoms with van der Waals surface area (Å²) < 4.78 is 5.46. The van der Waals surface area contributed by atoms with E-state index in [0.717, 1.165) is 37.6 Å². The number of hydrazine groups is 1. The molecule has 1 aliphatic heterocycles. The first-order valence-corrected chi connectivity index (χ1v) is 8.34. The molecule has 1 saturated heterocycles. The summed E-state index contributed by atoms with van der Waals surface area (Å²) in [5, 5.41) is 4.13. The smallest absolute Gasteiger partial charge is 0.237 e. The van der Waals surface area contributed by atoms with Crippen LogP contribution in [0.15, 0.2) is 24.3 Å². The minimum absolute atomic E-state index is 0.184. The zero-order valence-electron chi connectivity index (χ0n) is 15.0. The molecule has 0 radical (unpaired) electrons. The summed E-state index contributed by atoms with van der Waals surface area (Å²) in [7, 11) is 1.70. The zero-order chi connectivity index (χ0) is 17.0. The second-order valence-corrected chi connectivity index (χ2v) is 6.84. The van der Waals surface area contributed by atoms with Crippen LogP contribution in [0.5, 0.6) is 5.75 Å². The lowest BCUT2D eigenvalue weighted by molar-refractivity contribution is -0.163. The fourth-order valence-corrected chi connectivity index (χ4v) is 3.13. The lowest BCUT2D eigenvalue weighted by Crippen LogP contribution is -2.61. The van der Waals surface area contributed by atoms with E-state index in [0.29, 0.717) is 6.42 Å². The predicted octanol–water partition coefficient (Wildman–Crippen LogP) is 2.77. The molecule has 0 spiro atoms. The maximum Gasteiger partial charge on any atom is 0.237 e. The first kappa shape index (κ1) is 17.6. The molecule has 0 aromatic heterocycles. The molecule has 0 aliphatic carbocycles. The summed E-state index contributed by atoms with van der Waals surface area (Å²) in [6.07, 6.45) is 0.532. The topological polar surface area (TPSA) is 36.0 Å². The van der Waals surface area contributed by atoms with Crippen molar-refractivity contribution in [2.45, 2.75) is 39.7 Å². The summed E-state index contributed by atoms with van der Waals surface area (Å²) >= 11 is 0. The number of methoxy groups -OCH3 is 1. The van der Waals surface area contributed by atoms with Crippen molar-refractivity contribution in [3.8, 4) is 5.75 Å². The third-order valence-electron chi connectivity index (χ3n) is 4.14. The summed E-state index contributed by atoms with van der Waals surface area (Å²) in [6.45, 7) is 11.6. The van der Waals surface area contributed by atoms with E-state index in [9.17, 15) is 4.79 Å². The maximum absolute atomic E-state index is 12.4. The van der Waals surface area contributed by atoms with Gasteiger partial charge in [0, 0.05) is 32.6 Å². The van der Waals surface area contributed by atoms with Crippen LogP contribution in [-0.4, -0.2) is 54.8 Å². The standard InChI is InChI=1S/C18H29N3O2/c1-6-17(22)21(18(2,3)4)20-13-11-19(12-14-20)15-9-7-8-10-16(15)23-5/h7-10H,6,11-14H2,1-5H3. The number of carbonyl (C=O) groups excluding carboxylic acids is 1. The van der Waals surface area contributed by atoms with Gasteiger partial charge in [-0.1, -0.05) is 19.1 Å². The van der Waals surface area contributed by atoms with Gasteiger partial charge >= 0.3 is 0 Å². The number of para-hydroxylation sites is 2. The Morgan fingerprint density at radius 1 is 1.17 bits per heavy atom. The van der Waals surface area contributed by atoms with Gasteiger partial charge in [0.2, 0.25) is 5.91 Å². The van der Waals surface area contributed by atoms with E-state index in [2.05, 4.69) is 36.7 Å². The maximum atomic E-state index is 12.4. The van der Waals surface area contributed by atoms with Crippen molar-refractivity contribution in [2.75, 3.05) is 38.2 Å². The quantitative estimate of drug-likeness (QED) is 0.855. The van der Waals surface area contributed by atoms with Gasteiger partial charge in [-0.2, -0.15) is 0 Å². The number of piperazine rings is 1. The largest absolute Gasteiger partial charge is 0.495 e. The van der Waals surface area contributed by atoms with Crippen LogP contribution in [0.3, 0.4) is 0 Å². The lowest BCUT2D eigenvalue weighted by atomic mass is 10.1. The molecule has 0 bridgehead atoms. The Labute approximate surface area is 139 Å². The molecular formula is C18H29N3O2. The molecule has 5 nitrogen and oxygen atoms in total. The summed E-state index contributed by atoms with van der Waals surface area (Å²) in [6, 6.07) is 8.10. The number of hydrogen-bond donors (Lipinski definition) is 0. The van der Waals surface area contributed by atoms with Crippen LogP contribution in [0.2, 0.25) is 0 Å².